The van der Waals surface area contributed by atoms with Gasteiger partial charge in [0.15, 0.2) is 0 Å². The van der Waals surface area contributed by atoms with Gasteiger partial charge in [0.05, 0.1) is 11.4 Å². The first-order chi connectivity index (χ1) is 13.6. The summed E-state index contributed by atoms with van der Waals surface area (Å²) in [5.74, 6) is -0.194. The lowest BCUT2D eigenvalue weighted by Crippen LogP contribution is -2.17. The Bertz CT molecular complexity index is 1110. The van der Waals surface area contributed by atoms with Crippen molar-refractivity contribution in [3.8, 4) is 16.9 Å². The second kappa shape index (κ2) is 7.53. The monoisotopic (exact) mass is 367 g/mol. The van der Waals surface area contributed by atoms with Gasteiger partial charge in [-0.2, -0.15) is 5.10 Å². The van der Waals surface area contributed by atoms with Crippen molar-refractivity contribution in [1.82, 2.24) is 9.78 Å². The molecule has 1 amide bonds. The molecule has 0 aliphatic carbocycles. The molecule has 0 fully saturated rings. The number of hydrogen-bond donors (Lipinski definition) is 1. The number of anilines is 1. The lowest BCUT2D eigenvalue weighted by molar-refractivity contribution is 0.101. The van der Waals surface area contributed by atoms with Crippen LogP contribution in [0.4, 0.5) is 5.69 Å². The Hall–Kier alpha value is -3.66. The Labute approximate surface area is 164 Å². The number of benzene rings is 3. The van der Waals surface area contributed by atoms with Gasteiger partial charge in [-0.15, -0.1) is 0 Å². The fourth-order valence-electron chi connectivity index (χ4n) is 3.08. The van der Waals surface area contributed by atoms with Gasteiger partial charge in [-0.05, 0) is 49.7 Å². The largest absolute Gasteiger partial charge is 0.321 e. The third-order valence-corrected chi connectivity index (χ3v) is 4.57. The van der Waals surface area contributed by atoms with Gasteiger partial charge in [0.1, 0.15) is 5.69 Å². The fraction of sp³-hybridized carbons (Fsp3) is 0.0833. The van der Waals surface area contributed by atoms with E-state index in [1.807, 2.05) is 98.8 Å². The predicted octanol–water partition coefficient (Wildman–Crippen LogP) is 5.41. The van der Waals surface area contributed by atoms with Crippen LogP contribution in [0.2, 0.25) is 0 Å². The summed E-state index contributed by atoms with van der Waals surface area (Å²) >= 11 is 0. The van der Waals surface area contributed by atoms with E-state index in [1.165, 1.54) is 0 Å². The molecule has 0 radical (unpaired) electrons. The lowest BCUT2D eigenvalue weighted by Gasteiger charge is -2.09. The summed E-state index contributed by atoms with van der Waals surface area (Å²) < 4.78 is 1.71. The zero-order chi connectivity index (χ0) is 19.5. The van der Waals surface area contributed by atoms with E-state index >= 15 is 0 Å². The van der Waals surface area contributed by atoms with E-state index in [1.54, 1.807) is 4.68 Å². The summed E-state index contributed by atoms with van der Waals surface area (Å²) in [6.45, 7) is 4.04. The molecule has 0 atom stereocenters. The maximum atomic E-state index is 13.1. The maximum Gasteiger partial charge on any atom is 0.274 e. The van der Waals surface area contributed by atoms with Gasteiger partial charge in [0.2, 0.25) is 0 Å². The molecular weight excluding hydrogens is 346 g/mol. The minimum atomic E-state index is -0.194. The zero-order valence-corrected chi connectivity index (χ0v) is 15.9. The molecule has 0 aliphatic rings. The van der Waals surface area contributed by atoms with Gasteiger partial charge in [-0.3, -0.25) is 4.79 Å². The minimum absolute atomic E-state index is 0.194. The molecule has 1 heterocycles. The first-order valence-corrected chi connectivity index (χ1v) is 9.21. The maximum absolute atomic E-state index is 13.1. The van der Waals surface area contributed by atoms with Gasteiger partial charge in [-0.1, -0.05) is 60.2 Å². The molecule has 0 aliphatic heterocycles. The Morgan fingerprint density at radius 3 is 2.29 bits per heavy atom. The van der Waals surface area contributed by atoms with Gasteiger partial charge < -0.3 is 5.32 Å². The summed E-state index contributed by atoms with van der Waals surface area (Å²) in [5, 5.41) is 7.70. The van der Waals surface area contributed by atoms with Crippen molar-refractivity contribution in [2.24, 2.45) is 0 Å². The quantitative estimate of drug-likeness (QED) is 0.524. The van der Waals surface area contributed by atoms with Crippen LogP contribution in [0.1, 0.15) is 21.6 Å². The molecule has 28 heavy (non-hydrogen) atoms. The summed E-state index contributed by atoms with van der Waals surface area (Å²) in [7, 11) is 0. The highest BCUT2D eigenvalue weighted by molar-refractivity contribution is 6.04. The van der Waals surface area contributed by atoms with Crippen molar-refractivity contribution in [3.63, 3.8) is 0 Å². The van der Waals surface area contributed by atoms with Crippen molar-refractivity contribution >= 4 is 11.6 Å². The Balaban J connectivity index is 1.76. The molecule has 1 N–H and O–H groups in total. The first kappa shape index (κ1) is 17.7. The molecule has 4 nitrogen and oxygen atoms in total. The molecule has 0 saturated carbocycles. The molecule has 0 bridgehead atoms. The van der Waals surface area contributed by atoms with Gasteiger partial charge in [0, 0.05) is 11.3 Å². The van der Waals surface area contributed by atoms with E-state index < -0.39 is 0 Å². The SMILES string of the molecule is Cc1ccc(NC(=O)c2cc(-c3ccccc3)nn2-c2cccc(C)c2)cc1. The molecule has 4 rings (SSSR count). The highest BCUT2D eigenvalue weighted by Gasteiger charge is 2.18. The van der Waals surface area contributed by atoms with Crippen LogP contribution in [0, 0.1) is 13.8 Å². The average molecular weight is 367 g/mol. The number of aryl methyl sites for hydroxylation is 2. The zero-order valence-electron chi connectivity index (χ0n) is 15.9. The third-order valence-electron chi connectivity index (χ3n) is 4.57. The lowest BCUT2D eigenvalue weighted by atomic mass is 10.1. The van der Waals surface area contributed by atoms with Gasteiger partial charge >= 0.3 is 0 Å². The van der Waals surface area contributed by atoms with E-state index in [4.69, 9.17) is 5.10 Å². The van der Waals surface area contributed by atoms with Crippen LogP contribution in [-0.2, 0) is 0 Å². The number of nitrogens with one attached hydrogen (secondary N) is 1. The van der Waals surface area contributed by atoms with E-state index in [0.29, 0.717) is 5.69 Å². The number of aromatic nitrogens is 2. The molecule has 0 unspecified atom stereocenters. The van der Waals surface area contributed by atoms with Crippen molar-refractivity contribution in [3.05, 3.63) is 102 Å². The van der Waals surface area contributed by atoms with Crippen LogP contribution in [0.25, 0.3) is 16.9 Å². The van der Waals surface area contributed by atoms with Crippen molar-refractivity contribution in [2.45, 2.75) is 13.8 Å². The molecule has 1 aromatic heterocycles. The smallest absolute Gasteiger partial charge is 0.274 e. The van der Waals surface area contributed by atoms with Gasteiger partial charge in [-0.25, -0.2) is 4.68 Å². The van der Waals surface area contributed by atoms with Crippen LogP contribution < -0.4 is 5.32 Å². The van der Waals surface area contributed by atoms with E-state index in [2.05, 4.69) is 5.32 Å². The predicted molar refractivity (Wildman–Crippen MR) is 113 cm³/mol. The minimum Gasteiger partial charge on any atom is -0.321 e. The molecule has 4 heteroatoms. The summed E-state index contributed by atoms with van der Waals surface area (Å²) in [6.07, 6.45) is 0. The summed E-state index contributed by atoms with van der Waals surface area (Å²) in [4.78, 5) is 13.1. The summed E-state index contributed by atoms with van der Waals surface area (Å²) in [5.41, 5.74) is 6.10. The number of rotatable bonds is 4. The van der Waals surface area contributed by atoms with Crippen LogP contribution in [0.15, 0.2) is 84.9 Å². The molecule has 0 spiro atoms. The highest BCUT2D eigenvalue weighted by Crippen LogP contribution is 2.23. The van der Waals surface area contributed by atoms with E-state index in [9.17, 15) is 4.79 Å². The first-order valence-electron chi connectivity index (χ1n) is 9.21. The van der Waals surface area contributed by atoms with Crippen molar-refractivity contribution in [1.29, 1.82) is 0 Å². The highest BCUT2D eigenvalue weighted by atomic mass is 16.2. The molecule has 138 valence electrons. The average Bonchev–Trinajstić information content (AvgIpc) is 3.16. The number of hydrogen-bond acceptors (Lipinski definition) is 2. The number of amides is 1. The topological polar surface area (TPSA) is 46.9 Å². The molecular formula is C24H21N3O. The molecule has 3 aromatic carbocycles. The van der Waals surface area contributed by atoms with Crippen molar-refractivity contribution in [2.75, 3.05) is 5.32 Å². The normalized spacial score (nSPS) is 10.6. The van der Waals surface area contributed by atoms with E-state index in [0.717, 1.165) is 33.8 Å². The molecule has 4 aromatic rings. The number of carbonyl (C=O) groups is 1. The Morgan fingerprint density at radius 1 is 0.821 bits per heavy atom. The van der Waals surface area contributed by atoms with Crippen LogP contribution >= 0.6 is 0 Å². The van der Waals surface area contributed by atoms with E-state index in [-0.39, 0.29) is 5.91 Å². The van der Waals surface area contributed by atoms with Crippen LogP contribution in [0.3, 0.4) is 0 Å². The second-order valence-corrected chi connectivity index (χ2v) is 6.85. The number of nitrogens with zero attached hydrogens (tertiary/aromatic N) is 2. The molecule has 0 saturated heterocycles. The van der Waals surface area contributed by atoms with Gasteiger partial charge in [0.25, 0.3) is 5.91 Å². The second-order valence-electron chi connectivity index (χ2n) is 6.85. The third kappa shape index (κ3) is 3.71. The Kier molecular flexibility index (Phi) is 4.77. The number of carbonyl (C=O) groups excluding carboxylic acids is 1. The fourth-order valence-corrected chi connectivity index (χ4v) is 3.08. The van der Waals surface area contributed by atoms with Crippen LogP contribution in [-0.4, -0.2) is 15.7 Å². The summed E-state index contributed by atoms with van der Waals surface area (Å²) in [6, 6.07) is 27.4. The van der Waals surface area contributed by atoms with Crippen molar-refractivity contribution < 1.29 is 4.79 Å². The van der Waals surface area contributed by atoms with Crippen LogP contribution in [0.5, 0.6) is 0 Å². The standard InChI is InChI=1S/C24H21N3O/c1-17-11-13-20(14-12-17)25-24(28)23-16-22(19-8-4-3-5-9-19)26-27(23)21-10-6-7-18(2)15-21/h3-16H,1-2H3,(H,25,28). The Morgan fingerprint density at radius 2 is 1.57 bits per heavy atom.